The van der Waals surface area contributed by atoms with E-state index in [0.717, 1.165) is 0 Å². The van der Waals surface area contributed by atoms with Gasteiger partial charge in [-0.05, 0) is 0 Å². The van der Waals surface area contributed by atoms with Crippen molar-refractivity contribution in [2.45, 2.75) is 23.2 Å². The molecule has 0 saturated carbocycles. The molecule has 0 aliphatic heterocycles. The molecule has 0 heterocycles. The molecule has 0 aromatic carbocycles. The Bertz CT molecular complexity index is 214. The fourth-order valence-corrected chi connectivity index (χ4v) is 4.31. The number of halogens is 10. The molecule has 10 heteroatoms. The first-order chi connectivity index (χ1) is 6.89. The van der Waals surface area contributed by atoms with E-state index in [4.69, 9.17) is 116 Å². The van der Waals surface area contributed by atoms with Gasteiger partial charge in [0.05, 0.1) is 16.7 Å². The monoisotopic (exact) mass is 426 g/mol. The van der Waals surface area contributed by atoms with Gasteiger partial charge in [0.1, 0.15) is 4.84 Å². The largest absolute Gasteiger partial charge is 0.208 e. The highest BCUT2D eigenvalue weighted by atomic mass is 35.6. The standard InChI is InChI=1S/C6H4Cl10/c7-2(3(8)6(14,15)16)1(4(9)10)5(11,12)13/h1-4H. The Labute approximate surface area is 144 Å². The smallest absolute Gasteiger partial charge is 0.121 e. The first-order valence-electron chi connectivity index (χ1n) is 3.58. The Balaban J connectivity index is 4.97. The minimum atomic E-state index is -1.83. The van der Waals surface area contributed by atoms with Gasteiger partial charge < -0.3 is 0 Å². The predicted octanol–water partition coefficient (Wildman–Crippen LogP) is 6.36. The molecule has 0 aliphatic carbocycles. The second-order valence-corrected chi connectivity index (χ2v) is 9.67. The molecule has 0 amide bonds. The summed E-state index contributed by atoms with van der Waals surface area (Å²) in [5, 5.41) is -2.17. The van der Waals surface area contributed by atoms with Crippen LogP contribution in [0, 0.1) is 5.92 Å². The van der Waals surface area contributed by atoms with Crippen molar-refractivity contribution in [1.82, 2.24) is 0 Å². The van der Waals surface area contributed by atoms with E-state index in [1.165, 1.54) is 0 Å². The van der Waals surface area contributed by atoms with Crippen molar-refractivity contribution in [3.05, 3.63) is 0 Å². The van der Waals surface area contributed by atoms with Crippen LogP contribution in [0.25, 0.3) is 0 Å². The zero-order valence-corrected chi connectivity index (χ0v) is 14.6. The molecule has 3 atom stereocenters. The highest BCUT2D eigenvalue weighted by Gasteiger charge is 2.49. The average molecular weight is 431 g/mol. The van der Waals surface area contributed by atoms with Gasteiger partial charge in [0.15, 0.2) is 3.79 Å². The number of alkyl halides is 10. The molecule has 0 bridgehead atoms. The van der Waals surface area contributed by atoms with E-state index in [0.29, 0.717) is 0 Å². The normalized spacial score (nSPS) is 19.7. The minimum Gasteiger partial charge on any atom is -0.121 e. The second kappa shape index (κ2) is 7.07. The number of rotatable bonds is 3. The maximum absolute atomic E-state index is 5.95. The van der Waals surface area contributed by atoms with Crippen LogP contribution in [0.2, 0.25) is 0 Å². The molecule has 0 aromatic heterocycles. The lowest BCUT2D eigenvalue weighted by atomic mass is 10.1. The molecule has 98 valence electrons. The summed E-state index contributed by atoms with van der Waals surface area (Å²) < 4.78 is -3.66. The quantitative estimate of drug-likeness (QED) is 0.457. The van der Waals surface area contributed by atoms with Crippen molar-refractivity contribution >= 4 is 116 Å². The Morgan fingerprint density at radius 1 is 0.625 bits per heavy atom. The van der Waals surface area contributed by atoms with E-state index in [-0.39, 0.29) is 0 Å². The number of hydrogen-bond acceptors (Lipinski definition) is 0. The fraction of sp³-hybridized carbons (Fsp3) is 1.00. The SMILES string of the molecule is ClC(Cl)C(C(Cl)C(Cl)C(Cl)(Cl)Cl)C(Cl)(Cl)Cl. The van der Waals surface area contributed by atoms with Gasteiger partial charge in [-0.3, -0.25) is 0 Å². The third-order valence-electron chi connectivity index (χ3n) is 1.58. The van der Waals surface area contributed by atoms with Gasteiger partial charge in [0.2, 0.25) is 3.79 Å². The highest BCUT2D eigenvalue weighted by Crippen LogP contribution is 2.48. The van der Waals surface area contributed by atoms with Crippen LogP contribution in [0.5, 0.6) is 0 Å². The Hall–Kier alpha value is 2.90. The van der Waals surface area contributed by atoms with E-state index >= 15 is 0 Å². The lowest BCUT2D eigenvalue weighted by Gasteiger charge is -2.34. The van der Waals surface area contributed by atoms with Crippen molar-refractivity contribution in [3.63, 3.8) is 0 Å². The van der Waals surface area contributed by atoms with Crippen LogP contribution >= 0.6 is 116 Å². The maximum atomic E-state index is 5.95. The molecule has 0 aromatic rings. The highest BCUT2D eigenvalue weighted by molar-refractivity contribution is 6.71. The summed E-state index contributed by atoms with van der Waals surface area (Å²) in [6.45, 7) is 0. The molecular formula is C6H4Cl10. The molecule has 0 saturated heterocycles. The van der Waals surface area contributed by atoms with E-state index in [1.807, 2.05) is 0 Å². The third kappa shape index (κ3) is 5.90. The van der Waals surface area contributed by atoms with E-state index in [2.05, 4.69) is 0 Å². The van der Waals surface area contributed by atoms with Gasteiger partial charge in [-0.2, -0.15) is 0 Å². The first kappa shape index (κ1) is 18.9. The van der Waals surface area contributed by atoms with Crippen molar-refractivity contribution in [1.29, 1.82) is 0 Å². The molecule has 0 fully saturated rings. The Kier molecular flexibility index (Phi) is 8.35. The summed E-state index contributed by atoms with van der Waals surface area (Å²) in [4.78, 5) is -1.08. The lowest BCUT2D eigenvalue weighted by molar-refractivity contribution is 0.522. The van der Waals surface area contributed by atoms with Gasteiger partial charge in [0, 0.05) is 0 Å². The van der Waals surface area contributed by atoms with Gasteiger partial charge in [-0.25, -0.2) is 0 Å². The van der Waals surface area contributed by atoms with Gasteiger partial charge >= 0.3 is 0 Å². The summed E-state index contributed by atoms with van der Waals surface area (Å²) in [5.74, 6) is -0.999. The third-order valence-corrected chi connectivity index (χ3v) is 5.18. The molecule has 0 radical (unpaired) electrons. The fourth-order valence-electron chi connectivity index (χ4n) is 0.825. The maximum Gasteiger partial charge on any atom is 0.208 e. The molecule has 0 aliphatic rings. The van der Waals surface area contributed by atoms with Crippen LogP contribution in [0.4, 0.5) is 0 Å². The molecular weight excluding hydrogens is 427 g/mol. The van der Waals surface area contributed by atoms with Crippen LogP contribution in [0.15, 0.2) is 0 Å². The van der Waals surface area contributed by atoms with Crippen LogP contribution in [-0.4, -0.2) is 23.2 Å². The summed E-state index contributed by atoms with van der Waals surface area (Å²) in [5.41, 5.74) is 0. The summed E-state index contributed by atoms with van der Waals surface area (Å²) >= 11 is 56.8. The minimum absolute atomic E-state index is 0.999. The van der Waals surface area contributed by atoms with Gasteiger partial charge in [-0.1, -0.05) is 69.6 Å². The summed E-state index contributed by atoms with van der Waals surface area (Å²) in [6.07, 6.45) is 0. The zero-order chi connectivity index (χ0) is 13.3. The lowest BCUT2D eigenvalue weighted by Crippen LogP contribution is -2.43. The van der Waals surface area contributed by atoms with Crippen LogP contribution in [0.1, 0.15) is 0 Å². The molecule has 3 unspecified atom stereocenters. The predicted molar refractivity (Wildman–Crippen MR) is 78.8 cm³/mol. The van der Waals surface area contributed by atoms with Crippen molar-refractivity contribution in [3.8, 4) is 0 Å². The van der Waals surface area contributed by atoms with Crippen molar-refractivity contribution in [2.24, 2.45) is 5.92 Å². The van der Waals surface area contributed by atoms with Crippen LogP contribution in [-0.2, 0) is 0 Å². The zero-order valence-electron chi connectivity index (χ0n) is 7.09. The van der Waals surface area contributed by atoms with E-state index in [9.17, 15) is 0 Å². The van der Waals surface area contributed by atoms with Crippen LogP contribution in [0.3, 0.4) is 0 Å². The van der Waals surface area contributed by atoms with Crippen molar-refractivity contribution < 1.29 is 0 Å². The van der Waals surface area contributed by atoms with Crippen LogP contribution < -0.4 is 0 Å². The average Bonchev–Trinajstić information content (AvgIpc) is 1.97. The Morgan fingerprint density at radius 2 is 1.00 bits per heavy atom. The Morgan fingerprint density at radius 3 is 1.19 bits per heavy atom. The van der Waals surface area contributed by atoms with Crippen molar-refractivity contribution in [2.75, 3.05) is 0 Å². The molecule has 0 spiro atoms. The number of hydrogen-bond donors (Lipinski definition) is 0. The first-order valence-corrected chi connectivity index (χ1v) is 7.60. The van der Waals surface area contributed by atoms with E-state index in [1.54, 1.807) is 0 Å². The summed E-state index contributed by atoms with van der Waals surface area (Å²) in [6, 6.07) is 0. The second-order valence-electron chi connectivity index (χ2n) is 2.79. The van der Waals surface area contributed by atoms with Gasteiger partial charge in [-0.15, -0.1) is 46.4 Å². The van der Waals surface area contributed by atoms with E-state index < -0.39 is 29.1 Å². The molecule has 0 rings (SSSR count). The van der Waals surface area contributed by atoms with Gasteiger partial charge in [0.25, 0.3) is 0 Å². The molecule has 0 nitrogen and oxygen atoms in total. The molecule has 16 heavy (non-hydrogen) atoms. The molecule has 0 N–H and O–H groups in total. The topological polar surface area (TPSA) is 0 Å². The summed E-state index contributed by atoms with van der Waals surface area (Å²) in [7, 11) is 0.